The predicted octanol–water partition coefficient (Wildman–Crippen LogP) is 2.91. The molecule has 0 aromatic heterocycles. The van der Waals surface area contributed by atoms with Crippen LogP contribution in [0.25, 0.3) is 0 Å². The molecule has 1 fully saturated rings. The molecule has 0 unspecified atom stereocenters. The Bertz CT molecular complexity index is 535. The predicted molar refractivity (Wildman–Crippen MR) is 78.2 cm³/mol. The van der Waals surface area contributed by atoms with Gasteiger partial charge in [-0.05, 0) is 39.2 Å². The number of carboxylic acid groups (broad SMARTS) is 1. The minimum atomic E-state index is -1.27. The molecule has 1 saturated carbocycles. The van der Waals surface area contributed by atoms with E-state index in [1.165, 1.54) is 0 Å². The van der Waals surface area contributed by atoms with E-state index in [1.807, 2.05) is 30.3 Å². The van der Waals surface area contributed by atoms with E-state index >= 15 is 0 Å². The molecule has 2 atom stereocenters. The Morgan fingerprint density at radius 2 is 1.90 bits per heavy atom. The van der Waals surface area contributed by atoms with Crippen LogP contribution in [-0.2, 0) is 9.53 Å². The number of carbonyl (C=O) groups excluding carboxylic acids is 1. The Morgan fingerprint density at radius 3 is 2.33 bits per heavy atom. The van der Waals surface area contributed by atoms with Gasteiger partial charge in [0.25, 0.3) is 0 Å². The normalized spacial score (nSPS) is 24.8. The first-order valence-electron chi connectivity index (χ1n) is 7.04. The van der Waals surface area contributed by atoms with E-state index < -0.39 is 23.2 Å². The summed E-state index contributed by atoms with van der Waals surface area (Å²) >= 11 is 0. The monoisotopic (exact) mass is 291 g/mol. The highest BCUT2D eigenvalue weighted by Gasteiger charge is 2.55. The van der Waals surface area contributed by atoms with Crippen molar-refractivity contribution in [2.24, 2.45) is 0 Å². The van der Waals surface area contributed by atoms with Crippen LogP contribution in [0.15, 0.2) is 30.3 Å². The Morgan fingerprint density at radius 1 is 1.29 bits per heavy atom. The van der Waals surface area contributed by atoms with Gasteiger partial charge in [-0.15, -0.1) is 0 Å². The number of rotatable bonds is 3. The SMILES string of the molecule is CC(C)(C)OC(=O)N[C@]1(C(=O)O)CC[C@@H]1c1ccccc1. The molecule has 1 aliphatic carbocycles. The van der Waals surface area contributed by atoms with Crippen molar-refractivity contribution in [3.8, 4) is 0 Å². The molecule has 1 amide bonds. The first kappa shape index (κ1) is 15.4. The second-order valence-electron chi connectivity index (χ2n) is 6.41. The van der Waals surface area contributed by atoms with Crippen molar-refractivity contribution in [3.05, 3.63) is 35.9 Å². The summed E-state index contributed by atoms with van der Waals surface area (Å²) in [5.74, 6) is -1.25. The average Bonchev–Trinajstić information content (AvgIpc) is 2.33. The van der Waals surface area contributed by atoms with Crippen molar-refractivity contribution in [1.29, 1.82) is 0 Å². The van der Waals surface area contributed by atoms with Crippen molar-refractivity contribution in [1.82, 2.24) is 5.32 Å². The fourth-order valence-electron chi connectivity index (χ4n) is 2.66. The lowest BCUT2D eigenvalue weighted by molar-refractivity contribution is -0.150. The molecule has 5 nitrogen and oxygen atoms in total. The van der Waals surface area contributed by atoms with Gasteiger partial charge in [-0.3, -0.25) is 0 Å². The lowest BCUT2D eigenvalue weighted by Crippen LogP contribution is -2.64. The topological polar surface area (TPSA) is 75.6 Å². The molecule has 0 aliphatic heterocycles. The summed E-state index contributed by atoms with van der Waals surface area (Å²) in [6.07, 6.45) is 0.443. The summed E-state index contributed by atoms with van der Waals surface area (Å²) in [6.45, 7) is 5.24. The van der Waals surface area contributed by atoms with Crippen molar-refractivity contribution in [3.63, 3.8) is 0 Å². The van der Waals surface area contributed by atoms with Crippen LogP contribution in [0, 0.1) is 0 Å². The fourth-order valence-corrected chi connectivity index (χ4v) is 2.66. The molecule has 2 rings (SSSR count). The van der Waals surface area contributed by atoms with Gasteiger partial charge >= 0.3 is 12.1 Å². The number of ether oxygens (including phenoxy) is 1. The molecule has 1 aromatic carbocycles. The second-order valence-corrected chi connectivity index (χ2v) is 6.41. The van der Waals surface area contributed by atoms with Crippen molar-refractivity contribution >= 4 is 12.1 Å². The number of benzene rings is 1. The standard InChI is InChI=1S/C16H21NO4/c1-15(2,3)21-14(20)17-16(13(18)19)10-9-12(16)11-7-5-4-6-8-11/h4-8,12H,9-10H2,1-3H3,(H,17,20)(H,18,19)/t12-,16-/m1/s1. The zero-order chi connectivity index (χ0) is 15.7. The first-order valence-corrected chi connectivity index (χ1v) is 7.04. The van der Waals surface area contributed by atoms with Crippen LogP contribution in [0.2, 0.25) is 0 Å². The quantitative estimate of drug-likeness (QED) is 0.897. The Labute approximate surface area is 124 Å². The molecule has 1 aromatic rings. The van der Waals surface area contributed by atoms with Crippen molar-refractivity contribution in [2.45, 2.75) is 50.7 Å². The zero-order valence-electron chi connectivity index (χ0n) is 12.6. The summed E-state index contributed by atoms with van der Waals surface area (Å²) in [6, 6.07) is 9.39. The molecule has 0 spiro atoms. The number of carboxylic acids is 1. The van der Waals surface area contributed by atoms with E-state index in [9.17, 15) is 14.7 Å². The second kappa shape index (κ2) is 5.39. The van der Waals surface area contributed by atoms with Crippen LogP contribution in [0.1, 0.15) is 45.1 Å². The van der Waals surface area contributed by atoms with E-state index in [1.54, 1.807) is 20.8 Å². The molecule has 2 N–H and O–H groups in total. The molecule has 0 saturated heterocycles. The van der Waals surface area contributed by atoms with Gasteiger partial charge in [0.15, 0.2) is 0 Å². The Kier molecular flexibility index (Phi) is 3.94. The van der Waals surface area contributed by atoms with E-state index in [-0.39, 0.29) is 5.92 Å². The molecule has 21 heavy (non-hydrogen) atoms. The van der Waals surface area contributed by atoms with Gasteiger partial charge in [0.1, 0.15) is 11.1 Å². The summed E-state index contributed by atoms with van der Waals surface area (Å²) in [4.78, 5) is 23.7. The minimum absolute atomic E-state index is 0.233. The van der Waals surface area contributed by atoms with E-state index in [0.29, 0.717) is 6.42 Å². The van der Waals surface area contributed by atoms with Gasteiger partial charge in [-0.25, -0.2) is 9.59 Å². The van der Waals surface area contributed by atoms with Gasteiger partial charge in [0.05, 0.1) is 0 Å². The highest BCUT2D eigenvalue weighted by molar-refractivity contribution is 5.87. The Hall–Kier alpha value is -2.04. The van der Waals surface area contributed by atoms with Crippen LogP contribution < -0.4 is 5.32 Å². The van der Waals surface area contributed by atoms with Gasteiger partial charge in [-0.2, -0.15) is 0 Å². The molecule has 0 bridgehead atoms. The number of hydrogen-bond donors (Lipinski definition) is 2. The van der Waals surface area contributed by atoms with Gasteiger partial charge < -0.3 is 15.2 Å². The highest BCUT2D eigenvalue weighted by atomic mass is 16.6. The number of aliphatic carboxylic acids is 1. The van der Waals surface area contributed by atoms with Crippen LogP contribution in [0.3, 0.4) is 0 Å². The number of hydrogen-bond acceptors (Lipinski definition) is 3. The third kappa shape index (κ3) is 3.17. The van der Waals surface area contributed by atoms with Crippen LogP contribution in [-0.4, -0.2) is 28.3 Å². The summed E-state index contributed by atoms with van der Waals surface area (Å²) in [5.41, 5.74) is -1.01. The molecule has 5 heteroatoms. The molecular formula is C16H21NO4. The summed E-state index contributed by atoms with van der Waals surface area (Å²) in [7, 11) is 0. The van der Waals surface area contributed by atoms with Crippen molar-refractivity contribution < 1.29 is 19.4 Å². The van der Waals surface area contributed by atoms with Crippen molar-refractivity contribution in [2.75, 3.05) is 0 Å². The zero-order valence-corrected chi connectivity index (χ0v) is 12.6. The van der Waals surface area contributed by atoms with Crippen LogP contribution in [0.5, 0.6) is 0 Å². The molecule has 0 heterocycles. The number of carbonyl (C=O) groups is 2. The number of amides is 1. The van der Waals surface area contributed by atoms with E-state index in [0.717, 1.165) is 12.0 Å². The number of nitrogens with one attached hydrogen (secondary N) is 1. The molecule has 0 radical (unpaired) electrons. The Balaban J connectivity index is 2.19. The third-order valence-corrected chi connectivity index (χ3v) is 3.73. The maximum atomic E-state index is 12.0. The van der Waals surface area contributed by atoms with Gasteiger partial charge in [0, 0.05) is 5.92 Å². The fraction of sp³-hybridized carbons (Fsp3) is 0.500. The summed E-state index contributed by atoms with van der Waals surface area (Å²) < 4.78 is 5.19. The largest absolute Gasteiger partial charge is 0.479 e. The molecule has 1 aliphatic rings. The highest BCUT2D eigenvalue weighted by Crippen LogP contribution is 2.46. The molecular weight excluding hydrogens is 270 g/mol. The maximum absolute atomic E-state index is 12.0. The third-order valence-electron chi connectivity index (χ3n) is 3.73. The van der Waals surface area contributed by atoms with E-state index in [4.69, 9.17) is 4.74 Å². The van der Waals surface area contributed by atoms with E-state index in [2.05, 4.69) is 5.32 Å². The maximum Gasteiger partial charge on any atom is 0.408 e. The van der Waals surface area contributed by atoms with Gasteiger partial charge in [-0.1, -0.05) is 30.3 Å². The lowest BCUT2D eigenvalue weighted by Gasteiger charge is -2.46. The first-order chi connectivity index (χ1) is 9.74. The molecule has 114 valence electrons. The average molecular weight is 291 g/mol. The van der Waals surface area contributed by atoms with Crippen LogP contribution >= 0.6 is 0 Å². The summed E-state index contributed by atoms with van der Waals surface area (Å²) in [5, 5.41) is 12.2. The van der Waals surface area contributed by atoms with Gasteiger partial charge in [0.2, 0.25) is 0 Å². The number of alkyl carbamates (subject to hydrolysis) is 1. The van der Waals surface area contributed by atoms with Crippen LogP contribution in [0.4, 0.5) is 4.79 Å². The smallest absolute Gasteiger partial charge is 0.408 e. The minimum Gasteiger partial charge on any atom is -0.479 e. The lowest BCUT2D eigenvalue weighted by atomic mass is 9.63.